The molecule has 0 spiro atoms. The van der Waals surface area contributed by atoms with Crippen molar-refractivity contribution in [1.82, 2.24) is 0 Å². The van der Waals surface area contributed by atoms with Crippen molar-refractivity contribution < 1.29 is 13.5 Å². The van der Waals surface area contributed by atoms with Crippen LogP contribution in [0.25, 0.3) is 0 Å². The lowest BCUT2D eigenvalue weighted by Gasteiger charge is -2.27. The summed E-state index contributed by atoms with van der Waals surface area (Å²) in [4.78, 5) is 0.353. The molecule has 1 aromatic carbocycles. The van der Waals surface area contributed by atoms with Crippen LogP contribution in [0.2, 0.25) is 0 Å². The fourth-order valence-electron chi connectivity index (χ4n) is 2.71. The Bertz CT molecular complexity index is 514. The number of sulfone groups is 1. The second-order valence-corrected chi connectivity index (χ2v) is 7.43. The molecule has 0 radical (unpaired) electrons. The van der Waals surface area contributed by atoms with E-state index in [0.29, 0.717) is 17.7 Å². The predicted octanol–water partition coefficient (Wildman–Crippen LogP) is 2.38. The molecule has 2 rings (SSSR count). The van der Waals surface area contributed by atoms with E-state index in [9.17, 15) is 13.5 Å². The van der Waals surface area contributed by atoms with Gasteiger partial charge in [0, 0.05) is 0 Å². The minimum atomic E-state index is -3.41. The summed E-state index contributed by atoms with van der Waals surface area (Å²) >= 11 is 0. The lowest BCUT2D eigenvalue weighted by Crippen LogP contribution is -2.36. The molecule has 0 heterocycles. The average molecular weight is 268 g/mol. The topological polar surface area (TPSA) is 54.4 Å². The van der Waals surface area contributed by atoms with Crippen molar-refractivity contribution in [2.24, 2.45) is 0 Å². The maximum Gasteiger partial charge on any atom is 0.183 e. The molecule has 1 saturated carbocycles. The highest BCUT2D eigenvalue weighted by Gasteiger charge is 2.35. The largest absolute Gasteiger partial charge is 0.392 e. The molecule has 1 aliphatic carbocycles. The van der Waals surface area contributed by atoms with E-state index in [1.807, 2.05) is 19.9 Å². The molecule has 1 aliphatic rings. The summed E-state index contributed by atoms with van der Waals surface area (Å²) in [5.74, 6) is 0. The highest BCUT2D eigenvalue weighted by Crippen LogP contribution is 2.29. The van der Waals surface area contributed by atoms with E-state index >= 15 is 0 Å². The summed E-state index contributed by atoms with van der Waals surface area (Å²) in [5, 5.41) is 9.29. The summed E-state index contributed by atoms with van der Waals surface area (Å²) in [6.45, 7) is 3.78. The van der Waals surface area contributed by atoms with Gasteiger partial charge in [0.2, 0.25) is 0 Å². The first-order chi connectivity index (χ1) is 8.41. The van der Waals surface area contributed by atoms with Crippen LogP contribution in [0.4, 0.5) is 0 Å². The molecule has 0 unspecified atom stereocenters. The zero-order chi connectivity index (χ0) is 13.3. The van der Waals surface area contributed by atoms with Gasteiger partial charge in [0.1, 0.15) is 0 Å². The monoisotopic (exact) mass is 268 g/mol. The van der Waals surface area contributed by atoms with E-state index in [-0.39, 0.29) is 0 Å². The molecule has 1 fully saturated rings. The van der Waals surface area contributed by atoms with Gasteiger partial charge in [-0.1, -0.05) is 18.9 Å². The summed E-state index contributed by atoms with van der Waals surface area (Å²) < 4.78 is 25.1. The Hall–Kier alpha value is -0.870. The van der Waals surface area contributed by atoms with Crippen LogP contribution in [0.1, 0.15) is 36.8 Å². The van der Waals surface area contributed by atoms with Crippen molar-refractivity contribution in [2.75, 3.05) is 0 Å². The predicted molar refractivity (Wildman–Crippen MR) is 71.4 cm³/mol. The third-order valence-electron chi connectivity index (χ3n) is 3.59. The molecule has 0 bridgehead atoms. The Morgan fingerprint density at radius 3 is 2.17 bits per heavy atom. The van der Waals surface area contributed by atoms with Crippen LogP contribution < -0.4 is 0 Å². The fourth-order valence-corrected chi connectivity index (χ4v) is 4.79. The first-order valence-corrected chi connectivity index (χ1v) is 7.96. The van der Waals surface area contributed by atoms with E-state index in [2.05, 4.69) is 0 Å². The first-order valence-electron chi connectivity index (χ1n) is 6.41. The van der Waals surface area contributed by atoms with Crippen molar-refractivity contribution in [3.05, 3.63) is 29.3 Å². The van der Waals surface area contributed by atoms with Crippen molar-refractivity contribution in [3.63, 3.8) is 0 Å². The van der Waals surface area contributed by atoms with Gasteiger partial charge >= 0.3 is 0 Å². The van der Waals surface area contributed by atoms with Gasteiger partial charge in [-0.05, 0) is 49.9 Å². The van der Waals surface area contributed by atoms with Gasteiger partial charge in [-0.2, -0.15) is 0 Å². The van der Waals surface area contributed by atoms with Crippen molar-refractivity contribution in [1.29, 1.82) is 0 Å². The minimum absolute atomic E-state index is 0.353. The molecular formula is C14H20O3S. The van der Waals surface area contributed by atoms with Crippen LogP contribution >= 0.6 is 0 Å². The second kappa shape index (κ2) is 5.02. The van der Waals surface area contributed by atoms with Gasteiger partial charge in [0.05, 0.1) is 16.2 Å². The minimum Gasteiger partial charge on any atom is -0.392 e. The third kappa shape index (κ3) is 2.59. The van der Waals surface area contributed by atoms with Crippen LogP contribution in [-0.4, -0.2) is 24.9 Å². The van der Waals surface area contributed by atoms with Gasteiger partial charge in [-0.3, -0.25) is 0 Å². The number of aliphatic hydroxyl groups is 1. The summed E-state index contributed by atoms with van der Waals surface area (Å²) in [6, 6.07) is 5.35. The van der Waals surface area contributed by atoms with E-state index in [4.69, 9.17) is 0 Å². The van der Waals surface area contributed by atoms with Crippen LogP contribution in [0, 0.1) is 13.8 Å². The molecule has 3 nitrogen and oxygen atoms in total. The van der Waals surface area contributed by atoms with E-state index in [0.717, 1.165) is 24.0 Å². The maximum absolute atomic E-state index is 12.5. The lowest BCUT2D eigenvalue weighted by atomic mass is 9.97. The highest BCUT2D eigenvalue weighted by molar-refractivity contribution is 7.92. The summed E-state index contributed by atoms with van der Waals surface area (Å²) in [6.07, 6.45) is 2.24. The number of rotatable bonds is 2. The normalized spacial score (nSPS) is 25.1. The standard InChI is InChI=1S/C14H20O3S/c1-10-7-11(2)9-12(8-10)18(16,17)14-6-4-3-5-13(14)15/h7-9,13-15H,3-6H2,1-2H3/t13-,14-/m0/s1. The molecule has 0 aliphatic heterocycles. The van der Waals surface area contributed by atoms with Crippen LogP contribution in [0.3, 0.4) is 0 Å². The molecule has 4 heteroatoms. The molecule has 0 aromatic heterocycles. The Morgan fingerprint density at radius 1 is 1.06 bits per heavy atom. The number of benzene rings is 1. The number of hydrogen-bond acceptors (Lipinski definition) is 3. The van der Waals surface area contributed by atoms with Gasteiger partial charge in [0.25, 0.3) is 0 Å². The average Bonchev–Trinajstić information content (AvgIpc) is 2.28. The lowest BCUT2D eigenvalue weighted by molar-refractivity contribution is 0.133. The van der Waals surface area contributed by atoms with E-state index in [1.165, 1.54) is 0 Å². The third-order valence-corrected chi connectivity index (χ3v) is 5.83. The van der Waals surface area contributed by atoms with Gasteiger partial charge in [0.15, 0.2) is 9.84 Å². The Kier molecular flexibility index (Phi) is 3.78. The molecule has 0 saturated heterocycles. The highest BCUT2D eigenvalue weighted by atomic mass is 32.2. The van der Waals surface area contributed by atoms with Crippen molar-refractivity contribution in [2.45, 2.75) is 55.8 Å². The maximum atomic E-state index is 12.5. The molecule has 2 atom stereocenters. The Balaban J connectivity index is 2.40. The molecule has 1 aromatic rings. The molecule has 18 heavy (non-hydrogen) atoms. The summed E-state index contributed by atoms with van der Waals surface area (Å²) in [5.41, 5.74) is 1.89. The Morgan fingerprint density at radius 2 is 1.61 bits per heavy atom. The van der Waals surface area contributed by atoms with Gasteiger partial charge < -0.3 is 5.11 Å². The molecule has 0 amide bonds. The smallest absolute Gasteiger partial charge is 0.183 e. The van der Waals surface area contributed by atoms with Gasteiger partial charge in [-0.25, -0.2) is 8.42 Å². The zero-order valence-corrected chi connectivity index (χ0v) is 11.7. The van der Waals surface area contributed by atoms with E-state index < -0.39 is 21.2 Å². The SMILES string of the molecule is Cc1cc(C)cc(S(=O)(=O)[C@H]2CCCC[C@@H]2O)c1. The van der Waals surface area contributed by atoms with Gasteiger partial charge in [-0.15, -0.1) is 0 Å². The second-order valence-electron chi connectivity index (χ2n) is 5.26. The van der Waals surface area contributed by atoms with Crippen LogP contribution in [0.5, 0.6) is 0 Å². The molecular weight excluding hydrogens is 248 g/mol. The van der Waals surface area contributed by atoms with Crippen LogP contribution in [0.15, 0.2) is 23.1 Å². The molecule has 1 N–H and O–H groups in total. The summed E-state index contributed by atoms with van der Waals surface area (Å²) in [7, 11) is -3.41. The van der Waals surface area contributed by atoms with E-state index in [1.54, 1.807) is 12.1 Å². The first kappa shape index (κ1) is 13.6. The quantitative estimate of drug-likeness (QED) is 0.896. The fraction of sp³-hybridized carbons (Fsp3) is 0.571. The molecule has 100 valence electrons. The number of aryl methyl sites for hydroxylation is 2. The number of hydrogen-bond donors (Lipinski definition) is 1. The van der Waals surface area contributed by atoms with Crippen molar-refractivity contribution >= 4 is 9.84 Å². The number of aliphatic hydroxyl groups excluding tert-OH is 1. The van der Waals surface area contributed by atoms with Crippen LogP contribution in [-0.2, 0) is 9.84 Å². The van der Waals surface area contributed by atoms with Crippen molar-refractivity contribution in [3.8, 4) is 0 Å². The Labute approximate surface area is 109 Å². The zero-order valence-electron chi connectivity index (χ0n) is 10.9.